The van der Waals surface area contributed by atoms with E-state index in [4.69, 9.17) is 11.6 Å². The average Bonchev–Trinajstić information content (AvgIpc) is 2.97. The number of nitrogens with zero attached hydrogens (tertiary/aromatic N) is 3. The molecular weight excluding hydrogens is 357 g/mol. The second-order valence-corrected chi connectivity index (χ2v) is 5.49. The van der Waals surface area contributed by atoms with E-state index in [-0.39, 0.29) is 5.82 Å². The van der Waals surface area contributed by atoms with Crippen LogP contribution in [0.1, 0.15) is 16.4 Å². The van der Waals surface area contributed by atoms with Crippen LogP contribution in [0.5, 0.6) is 0 Å². The van der Waals surface area contributed by atoms with E-state index in [1.165, 1.54) is 4.68 Å². The summed E-state index contributed by atoms with van der Waals surface area (Å²) < 4.78 is 41.2. The highest BCUT2D eigenvalue weighted by molar-refractivity contribution is 6.30. The van der Waals surface area contributed by atoms with Crippen LogP contribution in [0, 0.1) is 24.4 Å². The number of halogens is 4. The zero-order chi connectivity index (χ0) is 18.1. The minimum absolute atomic E-state index is 0.262. The summed E-state index contributed by atoms with van der Waals surface area (Å²) >= 11 is 5.92. The molecule has 0 aliphatic heterocycles. The molecule has 0 fully saturated rings. The summed E-state index contributed by atoms with van der Waals surface area (Å²) in [7, 11) is 0. The van der Waals surface area contributed by atoms with Crippen LogP contribution in [0.3, 0.4) is 0 Å². The first kappa shape index (κ1) is 17.0. The van der Waals surface area contributed by atoms with E-state index >= 15 is 0 Å². The molecule has 1 heterocycles. The van der Waals surface area contributed by atoms with E-state index in [9.17, 15) is 18.0 Å². The average molecular weight is 367 g/mol. The van der Waals surface area contributed by atoms with Crippen LogP contribution in [-0.2, 0) is 0 Å². The first-order chi connectivity index (χ1) is 11.9. The summed E-state index contributed by atoms with van der Waals surface area (Å²) in [6, 6.07) is 8.33. The van der Waals surface area contributed by atoms with Crippen molar-refractivity contribution < 1.29 is 18.0 Å². The van der Waals surface area contributed by atoms with Gasteiger partial charge < -0.3 is 5.32 Å². The van der Waals surface area contributed by atoms with Gasteiger partial charge in [-0.25, -0.2) is 22.8 Å². The van der Waals surface area contributed by atoms with Crippen molar-refractivity contribution in [2.24, 2.45) is 0 Å². The van der Waals surface area contributed by atoms with Gasteiger partial charge in [0.2, 0.25) is 5.82 Å². The summed E-state index contributed by atoms with van der Waals surface area (Å²) in [4.78, 5) is 16.2. The maximum Gasteiger partial charge on any atom is 0.295 e. The maximum atomic E-state index is 13.6. The molecule has 0 spiro atoms. The van der Waals surface area contributed by atoms with Crippen LogP contribution < -0.4 is 5.32 Å². The van der Waals surface area contributed by atoms with E-state index in [2.05, 4.69) is 15.4 Å². The Hall–Kier alpha value is -2.87. The smallest absolute Gasteiger partial charge is 0.295 e. The molecule has 0 aliphatic carbocycles. The Balaban J connectivity index is 1.89. The third-order valence-corrected chi connectivity index (χ3v) is 3.54. The third kappa shape index (κ3) is 3.34. The lowest BCUT2D eigenvalue weighted by Crippen LogP contribution is -2.16. The lowest BCUT2D eigenvalue weighted by atomic mass is 10.2. The number of aromatic nitrogens is 3. The van der Waals surface area contributed by atoms with E-state index in [0.29, 0.717) is 22.6 Å². The molecule has 0 saturated carbocycles. The predicted molar refractivity (Wildman–Crippen MR) is 85.4 cm³/mol. The van der Waals surface area contributed by atoms with Gasteiger partial charge in [-0.3, -0.25) is 4.79 Å². The van der Waals surface area contributed by atoms with Crippen molar-refractivity contribution in [2.75, 3.05) is 5.32 Å². The lowest BCUT2D eigenvalue weighted by molar-refractivity contribution is 0.101. The molecule has 9 heteroatoms. The minimum Gasteiger partial charge on any atom is -0.317 e. The van der Waals surface area contributed by atoms with Gasteiger partial charge in [-0.15, -0.1) is 5.10 Å². The van der Waals surface area contributed by atoms with Crippen LogP contribution in [0.4, 0.5) is 18.9 Å². The monoisotopic (exact) mass is 366 g/mol. The number of amides is 1. The second kappa shape index (κ2) is 6.56. The molecule has 0 aliphatic rings. The Morgan fingerprint density at radius 1 is 1.16 bits per heavy atom. The van der Waals surface area contributed by atoms with Crippen molar-refractivity contribution in [2.45, 2.75) is 6.92 Å². The fourth-order valence-corrected chi connectivity index (χ4v) is 2.32. The largest absolute Gasteiger partial charge is 0.317 e. The molecule has 3 aromatic rings. The van der Waals surface area contributed by atoms with Crippen molar-refractivity contribution in [1.82, 2.24) is 14.8 Å². The number of carbonyl (C=O) groups is 1. The lowest BCUT2D eigenvalue weighted by Gasteiger charge is -2.05. The van der Waals surface area contributed by atoms with Crippen LogP contribution in [0.2, 0.25) is 5.02 Å². The summed E-state index contributed by atoms with van der Waals surface area (Å²) in [5.74, 6) is -5.27. The fourth-order valence-electron chi connectivity index (χ4n) is 2.14. The number of benzene rings is 2. The number of rotatable bonds is 3. The van der Waals surface area contributed by atoms with Gasteiger partial charge in [0.1, 0.15) is 5.82 Å². The molecule has 1 amide bonds. The molecule has 0 saturated heterocycles. The molecule has 0 radical (unpaired) electrons. The van der Waals surface area contributed by atoms with Crippen LogP contribution in [0.25, 0.3) is 5.69 Å². The molecule has 1 aromatic heterocycles. The highest BCUT2D eigenvalue weighted by atomic mass is 35.5. The van der Waals surface area contributed by atoms with Gasteiger partial charge in [0, 0.05) is 5.02 Å². The fraction of sp³-hybridized carbons (Fsp3) is 0.0625. The number of anilines is 1. The summed E-state index contributed by atoms with van der Waals surface area (Å²) in [6.07, 6.45) is 0. The third-order valence-electron chi connectivity index (χ3n) is 3.31. The van der Waals surface area contributed by atoms with Gasteiger partial charge in [0.25, 0.3) is 5.91 Å². The quantitative estimate of drug-likeness (QED) is 0.715. The Morgan fingerprint density at radius 3 is 2.64 bits per heavy atom. The van der Waals surface area contributed by atoms with E-state index in [1.807, 2.05) is 0 Å². The van der Waals surface area contributed by atoms with Gasteiger partial charge in [0.05, 0.1) is 11.4 Å². The Labute approximate surface area is 145 Å². The first-order valence-corrected chi connectivity index (χ1v) is 7.39. The number of carbonyl (C=O) groups excluding carboxylic acids is 1. The zero-order valence-corrected chi connectivity index (χ0v) is 13.5. The van der Waals surface area contributed by atoms with Crippen molar-refractivity contribution in [3.63, 3.8) is 0 Å². The summed E-state index contributed by atoms with van der Waals surface area (Å²) in [6.45, 7) is 1.61. The molecule has 128 valence electrons. The second-order valence-electron chi connectivity index (χ2n) is 5.05. The molecule has 0 unspecified atom stereocenters. The van der Waals surface area contributed by atoms with Crippen molar-refractivity contribution in [3.8, 4) is 5.69 Å². The standard InChI is InChI=1S/C16H10ClF3N4O/c1-8-21-15(23-24(8)10-4-2-3-9(17)7-10)16(25)22-12-6-5-11(18)13(19)14(12)20/h2-7H,1H3,(H,22,25). The molecule has 0 bridgehead atoms. The number of hydrogen-bond donors (Lipinski definition) is 1. The van der Waals surface area contributed by atoms with E-state index < -0.39 is 29.0 Å². The van der Waals surface area contributed by atoms with Crippen molar-refractivity contribution >= 4 is 23.2 Å². The van der Waals surface area contributed by atoms with Crippen molar-refractivity contribution in [1.29, 1.82) is 0 Å². The Kier molecular flexibility index (Phi) is 4.45. The highest BCUT2D eigenvalue weighted by Crippen LogP contribution is 2.20. The van der Waals surface area contributed by atoms with Crippen LogP contribution >= 0.6 is 11.6 Å². The normalized spacial score (nSPS) is 10.8. The Morgan fingerprint density at radius 2 is 1.92 bits per heavy atom. The molecule has 3 rings (SSSR count). The molecular formula is C16H10ClF3N4O. The molecule has 25 heavy (non-hydrogen) atoms. The van der Waals surface area contributed by atoms with Crippen molar-refractivity contribution in [3.05, 3.63) is 70.5 Å². The van der Waals surface area contributed by atoms with Gasteiger partial charge in [-0.05, 0) is 37.3 Å². The number of hydrogen-bond acceptors (Lipinski definition) is 3. The first-order valence-electron chi connectivity index (χ1n) is 7.01. The van der Waals surface area contributed by atoms with Crippen LogP contribution in [-0.4, -0.2) is 20.7 Å². The number of aryl methyl sites for hydroxylation is 1. The topological polar surface area (TPSA) is 59.8 Å². The van der Waals surface area contributed by atoms with Crippen LogP contribution in [0.15, 0.2) is 36.4 Å². The highest BCUT2D eigenvalue weighted by Gasteiger charge is 2.19. The molecule has 2 aromatic carbocycles. The van der Waals surface area contributed by atoms with E-state index in [0.717, 1.165) is 6.07 Å². The molecule has 5 nitrogen and oxygen atoms in total. The van der Waals surface area contributed by atoms with Gasteiger partial charge in [-0.2, -0.15) is 0 Å². The SMILES string of the molecule is Cc1nc(C(=O)Nc2ccc(F)c(F)c2F)nn1-c1cccc(Cl)c1. The summed E-state index contributed by atoms with van der Waals surface area (Å²) in [5.41, 5.74) is 0.0659. The molecule has 1 N–H and O–H groups in total. The zero-order valence-electron chi connectivity index (χ0n) is 12.7. The van der Waals surface area contributed by atoms with E-state index in [1.54, 1.807) is 31.2 Å². The van der Waals surface area contributed by atoms with Gasteiger partial charge >= 0.3 is 0 Å². The minimum atomic E-state index is -1.67. The van der Waals surface area contributed by atoms with Gasteiger partial charge in [0.15, 0.2) is 17.5 Å². The maximum absolute atomic E-state index is 13.6. The molecule has 0 atom stereocenters. The Bertz CT molecular complexity index is 974. The van der Waals surface area contributed by atoms with Gasteiger partial charge in [-0.1, -0.05) is 17.7 Å². The summed E-state index contributed by atoms with van der Waals surface area (Å²) in [5, 5.41) is 6.62. The predicted octanol–water partition coefficient (Wildman–Crippen LogP) is 3.90. The number of nitrogens with one attached hydrogen (secondary N) is 1.